The molecular formula is C21H21ClFN3O3S2. The first-order valence-electron chi connectivity index (χ1n) is 9.51. The van der Waals surface area contributed by atoms with E-state index in [1.54, 1.807) is 32.9 Å². The number of halogens is 2. The zero-order valence-electron chi connectivity index (χ0n) is 17.1. The molecule has 0 unspecified atom stereocenters. The highest BCUT2D eigenvalue weighted by Gasteiger charge is 2.24. The van der Waals surface area contributed by atoms with Gasteiger partial charge in [0.25, 0.3) is 5.91 Å². The molecule has 3 aromatic rings. The number of aromatic nitrogens is 1. The lowest BCUT2D eigenvalue weighted by molar-refractivity contribution is 0.102. The van der Waals surface area contributed by atoms with Gasteiger partial charge in [0.1, 0.15) is 15.7 Å². The predicted octanol–water partition coefficient (Wildman–Crippen LogP) is 5.19. The van der Waals surface area contributed by atoms with Crippen LogP contribution in [0.15, 0.2) is 47.4 Å². The van der Waals surface area contributed by atoms with Crippen LogP contribution in [-0.4, -0.2) is 36.7 Å². The van der Waals surface area contributed by atoms with Gasteiger partial charge in [-0.2, -0.15) is 4.31 Å². The SMILES string of the molecule is CCN(CC)S(=O)(=O)c1ccc(Cl)c(NC(=O)c2sc(-c3ccc(F)cc3)nc2C)c1. The molecule has 0 atom stereocenters. The van der Waals surface area contributed by atoms with Crippen LogP contribution < -0.4 is 5.32 Å². The third-order valence-electron chi connectivity index (χ3n) is 4.62. The molecule has 0 aliphatic carbocycles. The summed E-state index contributed by atoms with van der Waals surface area (Å²) in [5, 5.41) is 3.48. The zero-order chi connectivity index (χ0) is 22.8. The number of carbonyl (C=O) groups excluding carboxylic acids is 1. The van der Waals surface area contributed by atoms with E-state index in [2.05, 4.69) is 10.3 Å². The molecule has 1 heterocycles. The number of anilines is 1. The van der Waals surface area contributed by atoms with E-state index in [9.17, 15) is 17.6 Å². The van der Waals surface area contributed by atoms with Crippen LogP contribution >= 0.6 is 22.9 Å². The first kappa shape index (κ1) is 23.3. The minimum Gasteiger partial charge on any atom is -0.320 e. The first-order chi connectivity index (χ1) is 14.7. The van der Waals surface area contributed by atoms with Crippen molar-refractivity contribution in [2.45, 2.75) is 25.7 Å². The van der Waals surface area contributed by atoms with Gasteiger partial charge in [-0.25, -0.2) is 17.8 Å². The van der Waals surface area contributed by atoms with E-state index in [1.165, 1.54) is 34.6 Å². The summed E-state index contributed by atoms with van der Waals surface area (Å²) in [6, 6.07) is 10.0. The molecular weight excluding hydrogens is 461 g/mol. The van der Waals surface area contributed by atoms with E-state index < -0.39 is 15.9 Å². The molecule has 0 bridgehead atoms. The van der Waals surface area contributed by atoms with Crippen molar-refractivity contribution in [1.82, 2.24) is 9.29 Å². The Hall–Kier alpha value is -2.33. The number of benzene rings is 2. The maximum absolute atomic E-state index is 13.2. The molecule has 0 saturated heterocycles. The molecule has 0 spiro atoms. The van der Waals surface area contributed by atoms with Gasteiger partial charge in [0, 0.05) is 18.7 Å². The summed E-state index contributed by atoms with van der Waals surface area (Å²) < 4.78 is 40.1. The van der Waals surface area contributed by atoms with E-state index in [-0.39, 0.29) is 21.4 Å². The fourth-order valence-electron chi connectivity index (χ4n) is 2.98. The van der Waals surface area contributed by atoms with E-state index in [4.69, 9.17) is 11.6 Å². The minimum atomic E-state index is -3.70. The van der Waals surface area contributed by atoms with Gasteiger partial charge >= 0.3 is 0 Å². The van der Waals surface area contributed by atoms with Crippen LogP contribution in [0.1, 0.15) is 29.2 Å². The summed E-state index contributed by atoms with van der Waals surface area (Å²) in [6.45, 7) is 5.86. The van der Waals surface area contributed by atoms with E-state index in [0.717, 1.165) is 11.3 Å². The van der Waals surface area contributed by atoms with Crippen LogP contribution in [0.5, 0.6) is 0 Å². The van der Waals surface area contributed by atoms with Gasteiger partial charge in [-0.05, 0) is 49.4 Å². The van der Waals surface area contributed by atoms with Gasteiger partial charge in [0.2, 0.25) is 10.0 Å². The molecule has 0 fully saturated rings. The number of amides is 1. The first-order valence-corrected chi connectivity index (χ1v) is 12.1. The maximum Gasteiger partial charge on any atom is 0.267 e. The average Bonchev–Trinajstić information content (AvgIpc) is 3.12. The normalized spacial score (nSPS) is 11.7. The lowest BCUT2D eigenvalue weighted by atomic mass is 10.2. The molecule has 0 aliphatic heterocycles. The van der Waals surface area contributed by atoms with E-state index in [0.29, 0.717) is 34.2 Å². The largest absolute Gasteiger partial charge is 0.320 e. The Morgan fingerprint density at radius 3 is 2.42 bits per heavy atom. The molecule has 3 rings (SSSR count). The quantitative estimate of drug-likeness (QED) is 0.503. The molecule has 31 heavy (non-hydrogen) atoms. The third-order valence-corrected chi connectivity index (χ3v) is 8.20. The van der Waals surface area contributed by atoms with Crippen LogP contribution in [0, 0.1) is 12.7 Å². The molecule has 2 aromatic carbocycles. The highest BCUT2D eigenvalue weighted by Crippen LogP contribution is 2.31. The Labute approximate surface area is 189 Å². The average molecular weight is 482 g/mol. The Morgan fingerprint density at radius 1 is 1.16 bits per heavy atom. The molecule has 0 saturated carbocycles. The molecule has 164 valence electrons. The summed E-state index contributed by atoms with van der Waals surface area (Å²) in [7, 11) is -3.70. The molecule has 1 amide bonds. The number of carbonyl (C=O) groups is 1. The molecule has 10 heteroatoms. The number of sulfonamides is 1. The number of hydrogen-bond donors (Lipinski definition) is 1. The summed E-state index contributed by atoms with van der Waals surface area (Å²) in [4.78, 5) is 17.7. The molecule has 0 radical (unpaired) electrons. The molecule has 1 aromatic heterocycles. The highest BCUT2D eigenvalue weighted by atomic mass is 35.5. The molecule has 0 aliphatic rings. The van der Waals surface area contributed by atoms with Crippen LogP contribution in [0.25, 0.3) is 10.6 Å². The van der Waals surface area contributed by atoms with Crippen LogP contribution in [-0.2, 0) is 10.0 Å². The lowest BCUT2D eigenvalue weighted by Gasteiger charge is -2.19. The number of nitrogens with zero attached hydrogens (tertiary/aromatic N) is 2. The monoisotopic (exact) mass is 481 g/mol. The Balaban J connectivity index is 1.90. The number of thiazole rings is 1. The van der Waals surface area contributed by atoms with Crippen molar-refractivity contribution in [1.29, 1.82) is 0 Å². The van der Waals surface area contributed by atoms with Crippen molar-refractivity contribution >= 4 is 44.6 Å². The number of aryl methyl sites for hydroxylation is 1. The van der Waals surface area contributed by atoms with Gasteiger partial charge < -0.3 is 5.32 Å². The van der Waals surface area contributed by atoms with Gasteiger partial charge in [0.15, 0.2) is 0 Å². The number of nitrogens with one attached hydrogen (secondary N) is 1. The summed E-state index contributed by atoms with van der Waals surface area (Å²) in [6.07, 6.45) is 0. The van der Waals surface area contributed by atoms with Crippen molar-refractivity contribution in [2.24, 2.45) is 0 Å². The number of hydrogen-bond acceptors (Lipinski definition) is 5. The summed E-state index contributed by atoms with van der Waals surface area (Å²) in [5.74, 6) is -0.813. The highest BCUT2D eigenvalue weighted by molar-refractivity contribution is 7.89. The summed E-state index contributed by atoms with van der Waals surface area (Å²) in [5.41, 5.74) is 1.39. The Morgan fingerprint density at radius 2 is 1.81 bits per heavy atom. The van der Waals surface area contributed by atoms with Crippen molar-refractivity contribution in [2.75, 3.05) is 18.4 Å². The fourth-order valence-corrected chi connectivity index (χ4v) is 5.59. The second kappa shape index (κ2) is 9.44. The van der Waals surface area contributed by atoms with Crippen molar-refractivity contribution in [3.63, 3.8) is 0 Å². The Kier molecular flexibility index (Phi) is 7.10. The van der Waals surface area contributed by atoms with Crippen molar-refractivity contribution in [3.05, 3.63) is 63.9 Å². The smallest absolute Gasteiger partial charge is 0.267 e. The van der Waals surface area contributed by atoms with Gasteiger partial charge in [0.05, 0.1) is 21.3 Å². The zero-order valence-corrected chi connectivity index (χ0v) is 19.5. The van der Waals surface area contributed by atoms with Crippen LogP contribution in [0.3, 0.4) is 0 Å². The van der Waals surface area contributed by atoms with Crippen molar-refractivity contribution < 1.29 is 17.6 Å². The number of rotatable bonds is 7. The second-order valence-corrected chi connectivity index (χ2v) is 9.97. The summed E-state index contributed by atoms with van der Waals surface area (Å²) >= 11 is 7.37. The minimum absolute atomic E-state index is 0.0453. The molecule has 1 N–H and O–H groups in total. The third kappa shape index (κ3) is 4.95. The van der Waals surface area contributed by atoms with E-state index >= 15 is 0 Å². The lowest BCUT2D eigenvalue weighted by Crippen LogP contribution is -2.30. The predicted molar refractivity (Wildman–Crippen MR) is 122 cm³/mol. The van der Waals surface area contributed by atoms with Gasteiger partial charge in [-0.15, -0.1) is 11.3 Å². The van der Waals surface area contributed by atoms with Gasteiger partial charge in [-0.3, -0.25) is 4.79 Å². The standard InChI is InChI=1S/C21H21ClFN3O3S2/c1-4-26(5-2)31(28,29)16-10-11-17(22)18(12-16)25-20(27)19-13(3)24-21(30-19)14-6-8-15(23)9-7-14/h6-12H,4-5H2,1-3H3,(H,25,27). The Bertz CT molecular complexity index is 1210. The van der Waals surface area contributed by atoms with Crippen molar-refractivity contribution in [3.8, 4) is 10.6 Å². The van der Waals surface area contributed by atoms with Gasteiger partial charge in [-0.1, -0.05) is 25.4 Å². The van der Waals surface area contributed by atoms with Crippen LogP contribution in [0.2, 0.25) is 5.02 Å². The molecule has 6 nitrogen and oxygen atoms in total. The van der Waals surface area contributed by atoms with E-state index in [1.807, 2.05) is 0 Å². The topological polar surface area (TPSA) is 79.4 Å². The fraction of sp³-hybridized carbons (Fsp3) is 0.238. The maximum atomic E-state index is 13.2. The van der Waals surface area contributed by atoms with Crippen LogP contribution in [0.4, 0.5) is 10.1 Å². The second-order valence-electron chi connectivity index (χ2n) is 6.63.